The van der Waals surface area contributed by atoms with Crippen LogP contribution in [0.5, 0.6) is 0 Å². The lowest BCUT2D eigenvalue weighted by atomic mass is 9.94. The van der Waals surface area contributed by atoms with Crippen molar-refractivity contribution >= 4 is 27.5 Å². The second-order valence-electron chi connectivity index (χ2n) is 7.41. The smallest absolute Gasteiger partial charge is 0.261 e. The molecule has 1 atom stereocenters. The van der Waals surface area contributed by atoms with Crippen molar-refractivity contribution in [2.75, 3.05) is 19.8 Å². The van der Waals surface area contributed by atoms with Crippen LogP contribution in [0.2, 0.25) is 0 Å². The Morgan fingerprint density at radius 2 is 2.00 bits per heavy atom. The summed E-state index contributed by atoms with van der Waals surface area (Å²) >= 11 is 1.43. The van der Waals surface area contributed by atoms with Crippen molar-refractivity contribution in [1.82, 2.24) is 15.3 Å². The van der Waals surface area contributed by atoms with E-state index in [1.165, 1.54) is 11.3 Å². The van der Waals surface area contributed by atoms with Gasteiger partial charge in [-0.1, -0.05) is 0 Å². The number of carbonyl (C=O) groups excluding carboxylic acids is 1. The highest BCUT2D eigenvalue weighted by molar-refractivity contribution is 7.20. The molecule has 3 heterocycles. The maximum absolute atomic E-state index is 12.7. The summed E-state index contributed by atoms with van der Waals surface area (Å²) in [4.78, 5) is 23.6. The summed E-state index contributed by atoms with van der Waals surface area (Å²) in [5.74, 6) is 1.47. The molecule has 0 bridgehead atoms. The number of nitrogens with zero attached hydrogens (tertiary/aromatic N) is 2. The molecule has 1 amide bonds. The van der Waals surface area contributed by atoms with E-state index in [9.17, 15) is 9.90 Å². The summed E-state index contributed by atoms with van der Waals surface area (Å²) < 4.78 is 5.33. The van der Waals surface area contributed by atoms with Crippen LogP contribution >= 0.6 is 11.3 Å². The molecule has 4 rings (SSSR count). The van der Waals surface area contributed by atoms with Crippen LogP contribution in [-0.4, -0.2) is 46.8 Å². The molecule has 7 heteroatoms. The summed E-state index contributed by atoms with van der Waals surface area (Å²) in [7, 11) is 0. The monoisotopic (exact) mass is 375 g/mol. The molecule has 1 aliphatic heterocycles. The molecule has 1 saturated heterocycles. The van der Waals surface area contributed by atoms with Gasteiger partial charge in [0, 0.05) is 31.1 Å². The second kappa shape index (κ2) is 7.21. The van der Waals surface area contributed by atoms with Crippen molar-refractivity contribution in [1.29, 1.82) is 0 Å². The van der Waals surface area contributed by atoms with Crippen molar-refractivity contribution in [2.24, 2.45) is 5.92 Å². The summed E-state index contributed by atoms with van der Waals surface area (Å²) in [5.41, 5.74) is 1.88. The normalized spacial score (nSPS) is 19.7. The van der Waals surface area contributed by atoms with Gasteiger partial charge in [-0.2, -0.15) is 0 Å². The molecular formula is C19H25N3O3S. The van der Waals surface area contributed by atoms with Crippen molar-refractivity contribution in [3.05, 3.63) is 22.0 Å². The zero-order valence-electron chi connectivity index (χ0n) is 15.2. The van der Waals surface area contributed by atoms with E-state index >= 15 is 0 Å². The molecule has 2 fully saturated rings. The van der Waals surface area contributed by atoms with Crippen molar-refractivity contribution < 1.29 is 14.6 Å². The van der Waals surface area contributed by atoms with Gasteiger partial charge in [0.2, 0.25) is 0 Å². The Balaban J connectivity index is 1.49. The van der Waals surface area contributed by atoms with Crippen LogP contribution in [0.15, 0.2) is 0 Å². The number of rotatable bonds is 5. The van der Waals surface area contributed by atoms with E-state index in [2.05, 4.69) is 10.3 Å². The van der Waals surface area contributed by atoms with Gasteiger partial charge in [-0.25, -0.2) is 9.97 Å². The highest BCUT2D eigenvalue weighted by atomic mass is 32.1. The summed E-state index contributed by atoms with van der Waals surface area (Å²) in [6.45, 7) is 5.59. The Morgan fingerprint density at radius 3 is 2.69 bits per heavy atom. The van der Waals surface area contributed by atoms with Gasteiger partial charge in [0.25, 0.3) is 5.91 Å². The molecular weight excluding hydrogens is 350 g/mol. The SMILES string of the molecule is Cc1nc(C2CC2)nc2sc(C(=O)NC[C@H](O)C3CCOCC3)c(C)c12. The van der Waals surface area contributed by atoms with E-state index in [4.69, 9.17) is 9.72 Å². The van der Waals surface area contributed by atoms with E-state index in [0.29, 0.717) is 24.0 Å². The first-order chi connectivity index (χ1) is 12.5. The van der Waals surface area contributed by atoms with Gasteiger partial charge in [-0.15, -0.1) is 11.3 Å². The fourth-order valence-electron chi connectivity index (χ4n) is 3.65. The van der Waals surface area contributed by atoms with E-state index in [1.54, 1.807) is 0 Å². The minimum Gasteiger partial charge on any atom is -0.391 e. The summed E-state index contributed by atoms with van der Waals surface area (Å²) in [5, 5.41) is 14.2. The third kappa shape index (κ3) is 3.48. The van der Waals surface area contributed by atoms with Crippen LogP contribution < -0.4 is 5.32 Å². The van der Waals surface area contributed by atoms with Gasteiger partial charge in [0.05, 0.1) is 16.7 Å². The average Bonchev–Trinajstić information content (AvgIpc) is 3.44. The second-order valence-corrected chi connectivity index (χ2v) is 8.40. The summed E-state index contributed by atoms with van der Waals surface area (Å²) in [6.07, 6.45) is 3.48. The largest absolute Gasteiger partial charge is 0.391 e. The molecule has 26 heavy (non-hydrogen) atoms. The number of carbonyl (C=O) groups is 1. The lowest BCUT2D eigenvalue weighted by Crippen LogP contribution is -2.38. The third-order valence-corrected chi connectivity index (χ3v) is 6.60. The molecule has 0 aromatic carbocycles. The fourth-order valence-corrected chi connectivity index (χ4v) is 4.80. The van der Waals surface area contributed by atoms with E-state index < -0.39 is 6.10 Å². The Bertz CT molecular complexity index is 825. The Morgan fingerprint density at radius 1 is 1.27 bits per heavy atom. The minimum atomic E-state index is -0.527. The van der Waals surface area contributed by atoms with Crippen molar-refractivity contribution in [2.45, 2.75) is 51.6 Å². The Kier molecular flexibility index (Phi) is 4.94. The number of thiophene rings is 1. The molecule has 2 aromatic rings. The molecule has 140 valence electrons. The van der Waals surface area contributed by atoms with Crippen LogP contribution in [0.1, 0.15) is 58.4 Å². The third-order valence-electron chi connectivity index (χ3n) is 5.42. The number of hydrogen-bond acceptors (Lipinski definition) is 6. The molecule has 2 aliphatic rings. The molecule has 0 radical (unpaired) electrons. The van der Waals surface area contributed by atoms with Gasteiger partial charge in [-0.3, -0.25) is 4.79 Å². The number of aryl methyl sites for hydroxylation is 2. The molecule has 2 aromatic heterocycles. The lowest BCUT2D eigenvalue weighted by molar-refractivity contribution is 0.00874. The fraction of sp³-hybridized carbons (Fsp3) is 0.632. The number of ether oxygens (including phenoxy) is 1. The first-order valence-corrected chi connectivity index (χ1v) is 10.2. The van der Waals surface area contributed by atoms with E-state index in [-0.39, 0.29) is 18.4 Å². The number of nitrogens with one attached hydrogen (secondary N) is 1. The minimum absolute atomic E-state index is 0.135. The predicted molar refractivity (Wildman–Crippen MR) is 101 cm³/mol. The zero-order valence-corrected chi connectivity index (χ0v) is 16.1. The molecule has 2 N–H and O–H groups in total. The van der Waals surface area contributed by atoms with Gasteiger partial charge in [0.1, 0.15) is 10.7 Å². The number of fused-ring (bicyclic) bond motifs is 1. The maximum atomic E-state index is 12.7. The van der Waals surface area contributed by atoms with E-state index in [0.717, 1.165) is 53.0 Å². The van der Waals surface area contributed by atoms with Gasteiger partial charge >= 0.3 is 0 Å². The highest BCUT2D eigenvalue weighted by Crippen LogP contribution is 2.40. The molecule has 0 spiro atoms. The number of aliphatic hydroxyl groups excluding tert-OH is 1. The first-order valence-electron chi connectivity index (χ1n) is 9.36. The molecule has 1 saturated carbocycles. The highest BCUT2D eigenvalue weighted by Gasteiger charge is 2.29. The first kappa shape index (κ1) is 17.8. The number of aliphatic hydroxyl groups is 1. The standard InChI is InChI=1S/C19H25N3O3S/c1-10-15-11(2)21-17(13-3-4-13)22-19(15)26-16(10)18(24)20-9-14(23)12-5-7-25-8-6-12/h12-14,23H,3-9H2,1-2H3,(H,20,24)/t14-/m0/s1. The topological polar surface area (TPSA) is 84.3 Å². The lowest BCUT2D eigenvalue weighted by Gasteiger charge is -2.26. The summed E-state index contributed by atoms with van der Waals surface area (Å²) in [6, 6.07) is 0. The van der Waals surface area contributed by atoms with Crippen molar-refractivity contribution in [3.8, 4) is 0 Å². The molecule has 0 unspecified atom stereocenters. The molecule has 1 aliphatic carbocycles. The maximum Gasteiger partial charge on any atom is 0.261 e. The van der Waals surface area contributed by atoms with Gasteiger partial charge < -0.3 is 15.2 Å². The van der Waals surface area contributed by atoms with Gasteiger partial charge in [-0.05, 0) is 51.0 Å². The van der Waals surface area contributed by atoms with E-state index in [1.807, 2.05) is 13.8 Å². The van der Waals surface area contributed by atoms with Crippen LogP contribution in [0.3, 0.4) is 0 Å². The zero-order chi connectivity index (χ0) is 18.3. The Hall–Kier alpha value is -1.57. The Labute approximate surface area is 157 Å². The van der Waals surface area contributed by atoms with Crippen LogP contribution in [0, 0.1) is 19.8 Å². The van der Waals surface area contributed by atoms with Crippen LogP contribution in [-0.2, 0) is 4.74 Å². The molecule has 6 nitrogen and oxygen atoms in total. The average molecular weight is 375 g/mol. The predicted octanol–water partition coefficient (Wildman–Crippen LogP) is 2.70. The number of aromatic nitrogens is 2. The number of hydrogen-bond donors (Lipinski definition) is 2. The van der Waals surface area contributed by atoms with Crippen LogP contribution in [0.4, 0.5) is 0 Å². The van der Waals surface area contributed by atoms with Crippen LogP contribution in [0.25, 0.3) is 10.2 Å². The quantitative estimate of drug-likeness (QED) is 0.839. The number of amides is 1. The van der Waals surface area contributed by atoms with Crippen molar-refractivity contribution in [3.63, 3.8) is 0 Å². The van der Waals surface area contributed by atoms with Gasteiger partial charge in [0.15, 0.2) is 0 Å².